The maximum atomic E-state index is 11.9. The molecule has 106 valence electrons. The van der Waals surface area contributed by atoms with Gasteiger partial charge in [0.25, 0.3) is 5.91 Å². The van der Waals surface area contributed by atoms with E-state index < -0.39 is 21.3 Å². The monoisotopic (exact) mass is 305 g/mol. The Hall–Kier alpha value is -1.11. The van der Waals surface area contributed by atoms with Crippen molar-refractivity contribution in [1.29, 1.82) is 0 Å². The third kappa shape index (κ3) is 4.19. The van der Waals surface area contributed by atoms with Crippen molar-refractivity contribution in [2.75, 3.05) is 12.9 Å². The molecule has 7 heteroatoms. The molecule has 0 aliphatic heterocycles. The first-order valence-corrected chi connectivity index (χ1v) is 7.77. The van der Waals surface area contributed by atoms with Gasteiger partial charge in [-0.3, -0.25) is 4.79 Å². The number of amides is 1. The molecule has 0 radical (unpaired) electrons. The SMILES string of the molecule is CC(C)(CO)NC(=O)c1ccc(Cl)c(S(C)(=O)=O)c1. The number of carbonyl (C=O) groups is 1. The van der Waals surface area contributed by atoms with Gasteiger partial charge in [-0.15, -0.1) is 0 Å². The highest BCUT2D eigenvalue weighted by atomic mass is 35.5. The molecule has 0 saturated carbocycles. The van der Waals surface area contributed by atoms with Crippen LogP contribution in [0.2, 0.25) is 5.02 Å². The molecule has 0 heterocycles. The molecule has 2 N–H and O–H groups in total. The van der Waals surface area contributed by atoms with Crippen molar-refractivity contribution in [2.45, 2.75) is 24.3 Å². The van der Waals surface area contributed by atoms with E-state index in [1.165, 1.54) is 18.2 Å². The van der Waals surface area contributed by atoms with Crippen LogP contribution in [0.15, 0.2) is 23.1 Å². The maximum absolute atomic E-state index is 11.9. The van der Waals surface area contributed by atoms with Crippen molar-refractivity contribution >= 4 is 27.3 Å². The zero-order chi connectivity index (χ0) is 14.8. The lowest BCUT2D eigenvalue weighted by Gasteiger charge is -2.23. The normalized spacial score (nSPS) is 12.3. The smallest absolute Gasteiger partial charge is 0.251 e. The fraction of sp³-hybridized carbons (Fsp3) is 0.417. The summed E-state index contributed by atoms with van der Waals surface area (Å²) >= 11 is 5.80. The number of sulfone groups is 1. The Kier molecular flexibility index (Phi) is 4.60. The summed E-state index contributed by atoms with van der Waals surface area (Å²) in [5.74, 6) is -0.472. The molecule has 5 nitrogen and oxygen atoms in total. The molecular formula is C12H16ClNO4S. The van der Waals surface area contributed by atoms with E-state index in [4.69, 9.17) is 16.7 Å². The molecule has 19 heavy (non-hydrogen) atoms. The number of benzene rings is 1. The topological polar surface area (TPSA) is 83.5 Å². The van der Waals surface area contributed by atoms with Crippen LogP contribution in [0.25, 0.3) is 0 Å². The van der Waals surface area contributed by atoms with Crippen molar-refractivity contribution < 1.29 is 18.3 Å². The van der Waals surface area contributed by atoms with E-state index >= 15 is 0 Å². The average Bonchev–Trinajstić information content (AvgIpc) is 2.27. The summed E-state index contributed by atoms with van der Waals surface area (Å²) < 4.78 is 23.0. The maximum Gasteiger partial charge on any atom is 0.251 e. The van der Waals surface area contributed by atoms with E-state index in [1.807, 2.05) is 0 Å². The lowest BCUT2D eigenvalue weighted by atomic mass is 10.1. The Bertz CT molecular complexity index is 596. The number of aliphatic hydroxyl groups is 1. The number of hydrogen-bond donors (Lipinski definition) is 2. The Labute approximate surface area is 117 Å². The van der Waals surface area contributed by atoms with E-state index in [0.29, 0.717) is 0 Å². The van der Waals surface area contributed by atoms with E-state index in [9.17, 15) is 13.2 Å². The average molecular weight is 306 g/mol. The number of carbonyl (C=O) groups excluding carboxylic acids is 1. The third-order valence-corrected chi connectivity index (χ3v) is 4.02. The Morgan fingerprint density at radius 3 is 2.47 bits per heavy atom. The summed E-state index contributed by atoms with van der Waals surface area (Å²) in [4.78, 5) is 11.9. The molecule has 1 rings (SSSR count). The van der Waals surface area contributed by atoms with Gasteiger partial charge in [0, 0.05) is 11.8 Å². The number of aliphatic hydroxyl groups excluding tert-OH is 1. The van der Waals surface area contributed by atoms with Crippen LogP contribution in [0.1, 0.15) is 24.2 Å². The van der Waals surface area contributed by atoms with Crippen LogP contribution in [0.3, 0.4) is 0 Å². The quantitative estimate of drug-likeness (QED) is 0.877. The molecule has 0 spiro atoms. The predicted octanol–water partition coefficient (Wildman–Crippen LogP) is 1.24. The minimum Gasteiger partial charge on any atom is -0.394 e. The van der Waals surface area contributed by atoms with E-state index in [2.05, 4.69) is 5.32 Å². The zero-order valence-electron chi connectivity index (χ0n) is 10.9. The summed E-state index contributed by atoms with van der Waals surface area (Å²) in [6.07, 6.45) is 1.02. The summed E-state index contributed by atoms with van der Waals surface area (Å²) in [6.45, 7) is 3.07. The fourth-order valence-electron chi connectivity index (χ4n) is 1.35. The molecule has 1 aromatic rings. The first-order valence-electron chi connectivity index (χ1n) is 5.50. The Morgan fingerprint density at radius 2 is 2.00 bits per heavy atom. The third-order valence-electron chi connectivity index (χ3n) is 2.44. The Balaban J connectivity index is 3.14. The van der Waals surface area contributed by atoms with Crippen molar-refractivity contribution in [3.05, 3.63) is 28.8 Å². The molecule has 0 saturated heterocycles. The molecule has 0 aromatic heterocycles. The van der Waals surface area contributed by atoms with E-state index in [-0.39, 0.29) is 22.1 Å². The molecule has 1 aromatic carbocycles. The highest BCUT2D eigenvalue weighted by Crippen LogP contribution is 2.22. The van der Waals surface area contributed by atoms with Crippen LogP contribution in [0.4, 0.5) is 0 Å². The number of halogens is 1. The second-order valence-corrected chi connectivity index (χ2v) is 7.30. The van der Waals surface area contributed by atoms with Crippen LogP contribution in [0, 0.1) is 0 Å². The van der Waals surface area contributed by atoms with Gasteiger partial charge in [-0.2, -0.15) is 0 Å². The van der Waals surface area contributed by atoms with Crippen molar-refractivity contribution in [2.24, 2.45) is 0 Å². The van der Waals surface area contributed by atoms with Gasteiger partial charge in [-0.25, -0.2) is 8.42 Å². The standard InChI is InChI=1S/C12H16ClNO4S/c1-12(2,7-15)14-11(16)8-4-5-9(13)10(6-8)19(3,17)18/h4-6,15H,7H2,1-3H3,(H,14,16). The fourth-order valence-corrected chi connectivity index (χ4v) is 2.65. The lowest BCUT2D eigenvalue weighted by Crippen LogP contribution is -2.46. The highest BCUT2D eigenvalue weighted by Gasteiger charge is 2.21. The van der Waals surface area contributed by atoms with Gasteiger partial charge < -0.3 is 10.4 Å². The van der Waals surface area contributed by atoms with Gasteiger partial charge in [-0.1, -0.05) is 11.6 Å². The van der Waals surface area contributed by atoms with Crippen molar-refractivity contribution in [3.63, 3.8) is 0 Å². The van der Waals surface area contributed by atoms with Gasteiger partial charge in [0.1, 0.15) is 0 Å². The van der Waals surface area contributed by atoms with E-state index in [0.717, 1.165) is 6.26 Å². The molecule has 0 bridgehead atoms. The zero-order valence-corrected chi connectivity index (χ0v) is 12.5. The van der Waals surface area contributed by atoms with Crippen molar-refractivity contribution in [1.82, 2.24) is 5.32 Å². The predicted molar refractivity (Wildman–Crippen MR) is 73.2 cm³/mol. The molecule has 0 aliphatic carbocycles. The minimum absolute atomic E-state index is 0.0699. The van der Waals surface area contributed by atoms with Gasteiger partial charge in [-0.05, 0) is 32.0 Å². The van der Waals surface area contributed by atoms with Crippen LogP contribution in [-0.2, 0) is 9.84 Å². The molecule has 0 atom stereocenters. The molecular weight excluding hydrogens is 290 g/mol. The van der Waals surface area contributed by atoms with E-state index in [1.54, 1.807) is 13.8 Å². The highest BCUT2D eigenvalue weighted by molar-refractivity contribution is 7.90. The number of rotatable bonds is 4. The largest absolute Gasteiger partial charge is 0.394 e. The van der Waals surface area contributed by atoms with Gasteiger partial charge in [0.2, 0.25) is 0 Å². The van der Waals surface area contributed by atoms with Gasteiger partial charge in [0.05, 0.1) is 22.1 Å². The first-order chi connectivity index (χ1) is 8.57. The van der Waals surface area contributed by atoms with Gasteiger partial charge in [0.15, 0.2) is 9.84 Å². The van der Waals surface area contributed by atoms with Crippen LogP contribution in [-0.4, -0.2) is 37.8 Å². The molecule has 0 fully saturated rings. The van der Waals surface area contributed by atoms with Crippen LogP contribution < -0.4 is 5.32 Å². The molecule has 1 amide bonds. The number of nitrogens with one attached hydrogen (secondary N) is 1. The molecule has 0 aliphatic rings. The minimum atomic E-state index is -3.50. The second-order valence-electron chi connectivity index (χ2n) is 4.91. The van der Waals surface area contributed by atoms with Crippen LogP contribution >= 0.6 is 11.6 Å². The second kappa shape index (κ2) is 5.48. The summed E-state index contributed by atoms with van der Waals surface area (Å²) in [5, 5.41) is 11.7. The summed E-state index contributed by atoms with van der Waals surface area (Å²) in [7, 11) is -3.50. The first kappa shape index (κ1) is 15.9. The summed E-state index contributed by atoms with van der Waals surface area (Å²) in [5.41, 5.74) is -0.617. The van der Waals surface area contributed by atoms with Gasteiger partial charge >= 0.3 is 0 Å². The number of hydrogen-bond acceptors (Lipinski definition) is 4. The van der Waals surface area contributed by atoms with Crippen LogP contribution in [0.5, 0.6) is 0 Å². The summed E-state index contributed by atoms with van der Waals surface area (Å²) in [6, 6.07) is 4.01. The lowest BCUT2D eigenvalue weighted by molar-refractivity contribution is 0.0869. The Morgan fingerprint density at radius 1 is 1.42 bits per heavy atom. The van der Waals surface area contributed by atoms with Crippen molar-refractivity contribution in [3.8, 4) is 0 Å². The molecule has 0 unspecified atom stereocenters.